The van der Waals surface area contributed by atoms with E-state index in [2.05, 4.69) is 15.3 Å². The highest BCUT2D eigenvalue weighted by Crippen LogP contribution is 2.32. The van der Waals surface area contributed by atoms with E-state index in [-0.39, 0.29) is 23.7 Å². The molecule has 31 heavy (non-hydrogen) atoms. The summed E-state index contributed by atoms with van der Waals surface area (Å²) in [6.45, 7) is 0.496. The van der Waals surface area contributed by atoms with E-state index in [0.29, 0.717) is 35.3 Å². The first-order valence-electron chi connectivity index (χ1n) is 9.46. The average Bonchev–Trinajstić information content (AvgIpc) is 3.30. The molecule has 10 heteroatoms. The van der Waals surface area contributed by atoms with Crippen LogP contribution < -0.4 is 0 Å². The van der Waals surface area contributed by atoms with Crippen molar-refractivity contribution in [2.75, 3.05) is 6.54 Å². The number of benzene rings is 2. The van der Waals surface area contributed by atoms with Gasteiger partial charge in [0, 0.05) is 30.1 Å². The van der Waals surface area contributed by atoms with Crippen molar-refractivity contribution in [2.45, 2.75) is 13.0 Å². The topological polar surface area (TPSA) is 66.8 Å². The quantitative estimate of drug-likeness (QED) is 0.390. The van der Waals surface area contributed by atoms with Crippen molar-refractivity contribution in [2.24, 2.45) is 7.05 Å². The highest BCUT2D eigenvalue weighted by Gasteiger charge is 2.30. The van der Waals surface area contributed by atoms with Crippen LogP contribution in [0.3, 0.4) is 0 Å². The van der Waals surface area contributed by atoms with E-state index >= 15 is 0 Å². The van der Waals surface area contributed by atoms with E-state index in [1.807, 2.05) is 0 Å². The predicted octanol–water partition coefficient (Wildman–Crippen LogP) is 3.72. The number of aromatic nitrogens is 4. The first-order chi connectivity index (χ1) is 14.8. The molecular formula is C21H15F4N5O. The Balaban J connectivity index is 1.48. The highest BCUT2D eigenvalue weighted by molar-refractivity contribution is 6.04. The van der Waals surface area contributed by atoms with E-state index < -0.39 is 23.3 Å². The summed E-state index contributed by atoms with van der Waals surface area (Å²) in [5.74, 6) is -4.86. The van der Waals surface area contributed by atoms with Gasteiger partial charge in [-0.1, -0.05) is 0 Å². The van der Waals surface area contributed by atoms with E-state index in [1.54, 1.807) is 11.9 Å². The summed E-state index contributed by atoms with van der Waals surface area (Å²) >= 11 is 0. The zero-order valence-corrected chi connectivity index (χ0v) is 16.2. The van der Waals surface area contributed by atoms with E-state index in [1.165, 1.54) is 22.9 Å². The van der Waals surface area contributed by atoms with E-state index in [9.17, 15) is 22.4 Å². The number of aromatic amines is 1. The molecule has 158 valence electrons. The number of H-pyrrole nitrogens is 1. The van der Waals surface area contributed by atoms with Crippen molar-refractivity contribution >= 4 is 16.8 Å². The normalized spacial score (nSPS) is 13.6. The number of carbonyl (C=O) groups is 1. The van der Waals surface area contributed by atoms with Crippen molar-refractivity contribution in [3.05, 3.63) is 70.6 Å². The second-order valence-electron chi connectivity index (χ2n) is 7.39. The molecule has 0 aliphatic carbocycles. The van der Waals surface area contributed by atoms with Gasteiger partial charge in [-0.2, -0.15) is 10.2 Å². The standard InChI is InChI=1S/C21H15F4N5O/c1-29-20(10-6-14(23)18(25)15(24)7-10)13-4-5-30(9-17(13)28-29)21(31)19-12-3-2-11(22)8-16(12)26-27-19/h2-3,6-8H,4-5,9H2,1H3,(H,26,27). The Bertz CT molecular complexity index is 1340. The summed E-state index contributed by atoms with van der Waals surface area (Å²) in [6, 6.07) is 5.88. The number of fused-ring (bicyclic) bond motifs is 2. The number of amides is 1. The molecule has 1 amide bonds. The molecule has 2 aromatic heterocycles. The average molecular weight is 429 g/mol. The molecule has 4 aromatic rings. The zero-order chi connectivity index (χ0) is 21.9. The molecule has 0 spiro atoms. The largest absolute Gasteiger partial charge is 0.331 e. The number of aryl methyl sites for hydroxylation is 1. The molecule has 0 bridgehead atoms. The summed E-state index contributed by atoms with van der Waals surface area (Å²) in [5, 5.41) is 11.6. The Morgan fingerprint density at radius 1 is 1.10 bits per heavy atom. The lowest BCUT2D eigenvalue weighted by Gasteiger charge is -2.26. The molecule has 0 fully saturated rings. The number of rotatable bonds is 2. The van der Waals surface area contributed by atoms with Gasteiger partial charge in [-0.05, 0) is 36.8 Å². The third kappa shape index (κ3) is 3.06. The molecule has 0 saturated carbocycles. The zero-order valence-electron chi connectivity index (χ0n) is 16.2. The van der Waals surface area contributed by atoms with Gasteiger partial charge in [0.25, 0.3) is 5.91 Å². The Morgan fingerprint density at radius 2 is 1.84 bits per heavy atom. The lowest BCUT2D eigenvalue weighted by atomic mass is 9.99. The number of carbonyl (C=O) groups excluding carboxylic acids is 1. The molecule has 0 saturated heterocycles. The molecule has 0 radical (unpaired) electrons. The second-order valence-corrected chi connectivity index (χ2v) is 7.39. The van der Waals surface area contributed by atoms with Crippen molar-refractivity contribution in [3.8, 4) is 11.3 Å². The minimum atomic E-state index is -1.53. The lowest BCUT2D eigenvalue weighted by molar-refractivity contribution is 0.0728. The minimum Gasteiger partial charge on any atom is -0.331 e. The van der Waals surface area contributed by atoms with Crippen molar-refractivity contribution in [1.29, 1.82) is 0 Å². The van der Waals surface area contributed by atoms with Crippen LogP contribution in [0.4, 0.5) is 17.6 Å². The Morgan fingerprint density at radius 3 is 2.58 bits per heavy atom. The van der Waals surface area contributed by atoms with Crippen molar-refractivity contribution < 1.29 is 22.4 Å². The maximum absolute atomic E-state index is 13.7. The third-order valence-electron chi connectivity index (χ3n) is 5.47. The molecule has 0 atom stereocenters. The van der Waals surface area contributed by atoms with E-state index in [0.717, 1.165) is 17.7 Å². The maximum atomic E-state index is 13.7. The van der Waals surface area contributed by atoms with Crippen LogP contribution in [0.15, 0.2) is 30.3 Å². The fourth-order valence-electron chi connectivity index (χ4n) is 4.05. The first kappa shape index (κ1) is 19.3. The van der Waals surface area contributed by atoms with Gasteiger partial charge < -0.3 is 4.90 Å². The Kier molecular flexibility index (Phi) is 4.31. The minimum absolute atomic E-state index is 0.170. The Hall–Kier alpha value is -3.69. The molecule has 2 aromatic carbocycles. The summed E-state index contributed by atoms with van der Waals surface area (Å²) in [6.07, 6.45) is 0.391. The molecule has 0 unspecified atom stereocenters. The van der Waals surface area contributed by atoms with Crippen LogP contribution in [0.25, 0.3) is 22.2 Å². The summed E-state index contributed by atoms with van der Waals surface area (Å²) in [7, 11) is 1.62. The molecular weight excluding hydrogens is 414 g/mol. The molecule has 1 aliphatic rings. The maximum Gasteiger partial charge on any atom is 0.275 e. The van der Waals surface area contributed by atoms with E-state index in [4.69, 9.17) is 0 Å². The van der Waals surface area contributed by atoms with Crippen LogP contribution >= 0.6 is 0 Å². The van der Waals surface area contributed by atoms with Gasteiger partial charge in [0.2, 0.25) is 0 Å². The molecule has 3 heterocycles. The molecule has 1 N–H and O–H groups in total. The fraction of sp³-hybridized carbons (Fsp3) is 0.190. The van der Waals surface area contributed by atoms with Crippen LogP contribution in [0.2, 0.25) is 0 Å². The predicted molar refractivity (Wildman–Crippen MR) is 103 cm³/mol. The van der Waals surface area contributed by atoms with Crippen molar-refractivity contribution in [3.63, 3.8) is 0 Å². The van der Waals surface area contributed by atoms with Crippen molar-refractivity contribution in [1.82, 2.24) is 24.9 Å². The van der Waals surface area contributed by atoms with Crippen LogP contribution in [0.5, 0.6) is 0 Å². The molecule has 1 aliphatic heterocycles. The SMILES string of the molecule is Cn1nc2c(c1-c1cc(F)c(F)c(F)c1)CCN(C(=O)c1n[nH]c3cc(F)ccc13)C2. The number of halogens is 4. The molecule has 5 rings (SSSR count). The first-order valence-corrected chi connectivity index (χ1v) is 9.46. The lowest BCUT2D eigenvalue weighted by Crippen LogP contribution is -2.36. The smallest absolute Gasteiger partial charge is 0.275 e. The highest BCUT2D eigenvalue weighted by atomic mass is 19.2. The van der Waals surface area contributed by atoms with Crippen LogP contribution in [0.1, 0.15) is 21.7 Å². The van der Waals surface area contributed by atoms with Gasteiger partial charge in [0.1, 0.15) is 5.82 Å². The van der Waals surface area contributed by atoms with Gasteiger partial charge in [-0.15, -0.1) is 0 Å². The van der Waals surface area contributed by atoms with Gasteiger partial charge in [-0.25, -0.2) is 17.6 Å². The second kappa shape index (κ2) is 6.93. The third-order valence-corrected chi connectivity index (χ3v) is 5.47. The number of nitrogens with one attached hydrogen (secondary N) is 1. The van der Waals surface area contributed by atoms with Gasteiger partial charge in [-0.3, -0.25) is 14.6 Å². The van der Waals surface area contributed by atoms with Gasteiger partial charge in [0.05, 0.1) is 23.4 Å². The summed E-state index contributed by atoms with van der Waals surface area (Å²) < 4.78 is 55.7. The van der Waals surface area contributed by atoms with Crippen LogP contribution in [-0.4, -0.2) is 37.3 Å². The summed E-state index contributed by atoms with van der Waals surface area (Å²) in [5.41, 5.74) is 2.56. The van der Waals surface area contributed by atoms with Gasteiger partial charge >= 0.3 is 0 Å². The molecule has 6 nitrogen and oxygen atoms in total. The fourth-order valence-corrected chi connectivity index (χ4v) is 4.05. The number of hydrogen-bond donors (Lipinski definition) is 1. The monoisotopic (exact) mass is 429 g/mol. The summed E-state index contributed by atoms with van der Waals surface area (Å²) in [4.78, 5) is 14.6. The number of hydrogen-bond acceptors (Lipinski definition) is 3. The van der Waals surface area contributed by atoms with Crippen LogP contribution in [0, 0.1) is 23.3 Å². The Labute approximate surface area is 173 Å². The number of nitrogens with zero attached hydrogens (tertiary/aromatic N) is 4. The van der Waals surface area contributed by atoms with Gasteiger partial charge in [0.15, 0.2) is 23.1 Å². The van der Waals surface area contributed by atoms with Crippen LogP contribution in [-0.2, 0) is 20.0 Å².